The van der Waals surface area contributed by atoms with Crippen LogP contribution >= 0.6 is 11.3 Å². The van der Waals surface area contributed by atoms with Gasteiger partial charge in [-0.05, 0) is 71.4 Å². The van der Waals surface area contributed by atoms with Crippen molar-refractivity contribution in [2.75, 3.05) is 6.61 Å². The summed E-state index contributed by atoms with van der Waals surface area (Å²) in [5, 5.41) is 28.3. The zero-order chi connectivity index (χ0) is 27.2. The van der Waals surface area contributed by atoms with E-state index in [2.05, 4.69) is 23.0 Å². The molecule has 1 aromatic heterocycles. The Balaban J connectivity index is 1.90. The predicted octanol–water partition coefficient (Wildman–Crippen LogP) is 4.53. The molecule has 7 nitrogen and oxygen atoms in total. The van der Waals surface area contributed by atoms with E-state index in [1.165, 1.54) is 0 Å². The van der Waals surface area contributed by atoms with Crippen LogP contribution in [0, 0.1) is 18.3 Å². The lowest BCUT2D eigenvalue weighted by atomic mass is 9.58. The van der Waals surface area contributed by atoms with Gasteiger partial charge in [-0.2, -0.15) is 0 Å². The first kappa shape index (κ1) is 29.4. The molecule has 1 aliphatic carbocycles. The van der Waals surface area contributed by atoms with Crippen molar-refractivity contribution in [2.45, 2.75) is 97.0 Å². The van der Waals surface area contributed by atoms with Crippen LogP contribution in [0.1, 0.15) is 76.4 Å². The maximum absolute atomic E-state index is 13.8. The molecule has 1 saturated carbocycles. The topological polar surface area (TPSA) is 109 Å². The second kappa shape index (κ2) is 13.1. The molecule has 3 rings (SSSR count). The minimum Gasteiger partial charge on any atom is -0.392 e. The molecule has 8 heteroatoms. The fourth-order valence-electron chi connectivity index (χ4n) is 5.27. The average molecular weight is 531 g/mol. The molecule has 2 heterocycles. The first-order valence-electron chi connectivity index (χ1n) is 13.3. The smallest absolute Gasteiger partial charge is 0.223 e. The zero-order valence-corrected chi connectivity index (χ0v) is 23.4. The highest BCUT2D eigenvalue weighted by Gasteiger charge is 2.53. The standard InChI is InChI=1S/C29H42N2O5S/c1-6-8-23-27(34)20(4)36-14-11-18(2)9-10-24(19(3)15-22-17-37-21(5)30-22)31-26(33)16-25(32)29(28(23)35)12-7-13-29/h6,9,15,17,20,23-25,27,32,34H,1,7-8,10-14,16H2,2-5H3,(H,31,33)/b18-9-,19-15+/t20-,23-,24+,25+,27-/m1/s1. The van der Waals surface area contributed by atoms with Crippen molar-refractivity contribution in [1.29, 1.82) is 0 Å². The molecule has 3 N–H and O–H groups in total. The third-order valence-corrected chi connectivity index (χ3v) is 8.67. The van der Waals surface area contributed by atoms with E-state index in [0.717, 1.165) is 28.3 Å². The van der Waals surface area contributed by atoms with Gasteiger partial charge >= 0.3 is 0 Å². The Labute approximate surface area is 224 Å². The normalized spacial score (nSPS) is 31.8. The number of aliphatic hydroxyl groups excluding tert-OH is 2. The predicted molar refractivity (Wildman–Crippen MR) is 147 cm³/mol. The molecule has 0 unspecified atom stereocenters. The van der Waals surface area contributed by atoms with Crippen LogP contribution < -0.4 is 5.32 Å². The minimum atomic E-state index is -1.12. The molecule has 37 heavy (non-hydrogen) atoms. The number of aromatic nitrogens is 1. The molecular formula is C29H42N2O5S. The minimum absolute atomic E-state index is 0.170. The van der Waals surface area contributed by atoms with Gasteiger partial charge in [0.2, 0.25) is 5.91 Å². The molecule has 0 radical (unpaired) electrons. The van der Waals surface area contributed by atoms with Crippen LogP contribution in [0.3, 0.4) is 0 Å². The molecule has 1 aliphatic heterocycles. The van der Waals surface area contributed by atoms with Gasteiger partial charge in [0.15, 0.2) is 0 Å². The van der Waals surface area contributed by atoms with Gasteiger partial charge in [0.05, 0.1) is 59.4 Å². The molecule has 0 bridgehead atoms. The average Bonchev–Trinajstić information content (AvgIpc) is 3.22. The second-order valence-corrected chi connectivity index (χ2v) is 11.7. The van der Waals surface area contributed by atoms with Gasteiger partial charge in [-0.25, -0.2) is 4.98 Å². The Morgan fingerprint density at radius 3 is 2.65 bits per heavy atom. The fourth-order valence-corrected chi connectivity index (χ4v) is 5.84. The summed E-state index contributed by atoms with van der Waals surface area (Å²) < 4.78 is 5.94. The molecule has 5 atom stereocenters. The molecular weight excluding hydrogens is 488 g/mol. The number of hydrogen-bond acceptors (Lipinski definition) is 7. The van der Waals surface area contributed by atoms with Crippen LogP contribution in [0.2, 0.25) is 0 Å². The van der Waals surface area contributed by atoms with E-state index in [9.17, 15) is 19.8 Å². The number of carbonyl (C=O) groups is 2. The molecule has 1 fully saturated rings. The van der Waals surface area contributed by atoms with Gasteiger partial charge in [0.25, 0.3) is 0 Å². The number of amides is 1. The van der Waals surface area contributed by atoms with Crippen molar-refractivity contribution < 1.29 is 24.5 Å². The van der Waals surface area contributed by atoms with Crippen LogP contribution in [-0.4, -0.2) is 57.8 Å². The van der Waals surface area contributed by atoms with Gasteiger partial charge in [0, 0.05) is 5.38 Å². The molecule has 1 amide bonds. The van der Waals surface area contributed by atoms with Crippen LogP contribution in [0.5, 0.6) is 0 Å². The van der Waals surface area contributed by atoms with E-state index in [4.69, 9.17) is 4.74 Å². The monoisotopic (exact) mass is 530 g/mol. The Bertz CT molecular complexity index is 1030. The van der Waals surface area contributed by atoms with Gasteiger partial charge in [-0.15, -0.1) is 17.9 Å². The van der Waals surface area contributed by atoms with Crippen molar-refractivity contribution in [1.82, 2.24) is 10.3 Å². The quantitative estimate of drug-likeness (QED) is 0.494. The number of nitrogens with one attached hydrogen (secondary N) is 1. The summed E-state index contributed by atoms with van der Waals surface area (Å²) in [6.45, 7) is 11.9. The van der Waals surface area contributed by atoms with Gasteiger partial charge < -0.3 is 20.3 Å². The number of aryl methyl sites for hydroxylation is 1. The highest BCUT2D eigenvalue weighted by Crippen LogP contribution is 2.48. The number of carbonyl (C=O) groups excluding carboxylic acids is 2. The van der Waals surface area contributed by atoms with E-state index in [1.807, 2.05) is 32.2 Å². The highest BCUT2D eigenvalue weighted by molar-refractivity contribution is 7.09. The van der Waals surface area contributed by atoms with E-state index in [0.29, 0.717) is 32.3 Å². The van der Waals surface area contributed by atoms with Crippen LogP contribution in [0.25, 0.3) is 6.08 Å². The lowest BCUT2D eigenvalue weighted by molar-refractivity contribution is -0.158. The fraction of sp³-hybridized carbons (Fsp3) is 0.621. The molecule has 1 spiro atoms. The number of hydrogen-bond donors (Lipinski definition) is 3. The first-order valence-corrected chi connectivity index (χ1v) is 14.1. The number of rotatable bonds is 4. The summed E-state index contributed by atoms with van der Waals surface area (Å²) in [5.41, 5.74) is 1.90. The summed E-state index contributed by atoms with van der Waals surface area (Å²) in [6.07, 6.45) is 6.19. The summed E-state index contributed by atoms with van der Waals surface area (Å²) in [5.74, 6) is -1.24. The lowest BCUT2D eigenvalue weighted by Crippen LogP contribution is -2.54. The van der Waals surface area contributed by atoms with E-state index >= 15 is 0 Å². The summed E-state index contributed by atoms with van der Waals surface area (Å²) in [7, 11) is 0. The second-order valence-electron chi connectivity index (χ2n) is 10.6. The number of allylic oxidation sites excluding steroid dienone is 1. The number of thiazole rings is 1. The maximum Gasteiger partial charge on any atom is 0.223 e. The van der Waals surface area contributed by atoms with Gasteiger partial charge in [-0.3, -0.25) is 9.59 Å². The summed E-state index contributed by atoms with van der Waals surface area (Å²) in [4.78, 5) is 31.4. The third-order valence-electron chi connectivity index (χ3n) is 7.88. The largest absolute Gasteiger partial charge is 0.392 e. The first-order chi connectivity index (χ1) is 17.6. The number of aliphatic hydroxyl groups is 2. The maximum atomic E-state index is 13.8. The highest BCUT2D eigenvalue weighted by atomic mass is 32.1. The Morgan fingerprint density at radius 1 is 1.32 bits per heavy atom. The Hall–Kier alpha value is -2.13. The van der Waals surface area contributed by atoms with E-state index < -0.39 is 29.6 Å². The van der Waals surface area contributed by atoms with Crippen LogP contribution in [-0.2, 0) is 14.3 Å². The third kappa shape index (κ3) is 7.25. The molecule has 2 aliphatic rings. The lowest BCUT2D eigenvalue weighted by Gasteiger charge is -2.46. The van der Waals surface area contributed by atoms with Gasteiger partial charge in [0.1, 0.15) is 5.78 Å². The Kier molecular flexibility index (Phi) is 10.4. The molecule has 0 saturated heterocycles. The number of ether oxygens (including phenoxy) is 1. The summed E-state index contributed by atoms with van der Waals surface area (Å²) in [6, 6.07) is -0.271. The van der Waals surface area contributed by atoms with Gasteiger partial charge in [-0.1, -0.05) is 24.1 Å². The number of nitrogens with zero attached hydrogens (tertiary/aromatic N) is 1. The van der Waals surface area contributed by atoms with E-state index in [-0.39, 0.29) is 30.6 Å². The zero-order valence-electron chi connectivity index (χ0n) is 22.5. The summed E-state index contributed by atoms with van der Waals surface area (Å²) >= 11 is 1.58. The molecule has 1 aromatic rings. The van der Waals surface area contributed by atoms with Crippen molar-refractivity contribution in [3.05, 3.63) is 46.0 Å². The molecule has 0 aromatic carbocycles. The van der Waals surface area contributed by atoms with Crippen molar-refractivity contribution in [3.63, 3.8) is 0 Å². The number of ketones is 1. The van der Waals surface area contributed by atoms with Crippen LogP contribution in [0.4, 0.5) is 0 Å². The molecule has 204 valence electrons. The SMILES string of the molecule is C=CC[C@H]1C(=O)C2(CCC2)[C@@H](O)CC(=O)N[C@H](/C(C)=C/c2csc(C)n2)C/C=C(/C)CCO[C@H](C)[C@H]1O. The van der Waals surface area contributed by atoms with Crippen LogP contribution in [0.15, 0.2) is 35.3 Å². The number of Topliss-reactive ketones (excluding diaryl/α,β-unsaturated/α-hetero) is 1. The van der Waals surface area contributed by atoms with Crippen molar-refractivity contribution in [2.24, 2.45) is 11.3 Å². The van der Waals surface area contributed by atoms with Crippen molar-refractivity contribution in [3.8, 4) is 0 Å². The van der Waals surface area contributed by atoms with E-state index in [1.54, 1.807) is 24.3 Å². The van der Waals surface area contributed by atoms with Crippen molar-refractivity contribution >= 4 is 29.1 Å². The Morgan fingerprint density at radius 2 is 2.05 bits per heavy atom.